The van der Waals surface area contributed by atoms with Crippen LogP contribution in [0.5, 0.6) is 0 Å². The number of hydrogen-bond donors (Lipinski definition) is 0. The molecular weight excluding hydrogens is 266 g/mol. The van der Waals surface area contributed by atoms with Crippen molar-refractivity contribution in [3.8, 4) is 0 Å². The lowest BCUT2D eigenvalue weighted by molar-refractivity contribution is -0.313. The molecule has 4 nitrogen and oxygen atoms in total. The Morgan fingerprint density at radius 1 is 1.05 bits per heavy atom. The molecule has 1 aromatic carbocycles. The highest BCUT2D eigenvalue weighted by Gasteiger charge is 2.36. The molecule has 0 spiro atoms. The molecule has 0 aromatic heterocycles. The zero-order valence-electron chi connectivity index (χ0n) is 12.1. The van der Waals surface area contributed by atoms with Crippen LogP contribution in [0.15, 0.2) is 24.3 Å². The first-order chi connectivity index (χ1) is 10.2. The first-order valence-electron chi connectivity index (χ1n) is 7.78. The van der Waals surface area contributed by atoms with E-state index >= 15 is 0 Å². The zero-order chi connectivity index (χ0) is 14.8. The van der Waals surface area contributed by atoms with Crippen LogP contribution in [0, 0.1) is 11.8 Å². The Hall–Kier alpha value is -1.84. The molecule has 0 N–H and O–H groups in total. The van der Waals surface area contributed by atoms with Crippen molar-refractivity contribution in [3.63, 3.8) is 0 Å². The fourth-order valence-electron chi connectivity index (χ4n) is 3.67. The molecule has 0 unspecified atom stereocenters. The summed E-state index contributed by atoms with van der Waals surface area (Å²) < 4.78 is 0. The second-order valence-corrected chi connectivity index (χ2v) is 6.04. The molecule has 2 atom stereocenters. The lowest BCUT2D eigenvalue weighted by Gasteiger charge is -2.37. The van der Waals surface area contributed by atoms with Crippen molar-refractivity contribution in [2.24, 2.45) is 11.8 Å². The molecule has 1 amide bonds. The van der Waals surface area contributed by atoms with Crippen LogP contribution >= 0.6 is 0 Å². The molecule has 1 aliphatic carbocycles. The predicted octanol–water partition coefficient (Wildman–Crippen LogP) is 1.52. The van der Waals surface area contributed by atoms with Crippen LogP contribution in [0.4, 0.5) is 5.69 Å². The Labute approximate surface area is 124 Å². The van der Waals surface area contributed by atoms with Crippen molar-refractivity contribution in [1.29, 1.82) is 0 Å². The SMILES string of the molecule is O=C([O-])[C@H]1CCCC[C@@H]1C(=O)N1CCCc2ccccc21. The fraction of sp³-hybridized carbons (Fsp3) is 0.529. The molecule has 4 heteroatoms. The average molecular weight is 286 g/mol. The van der Waals surface area contributed by atoms with Crippen molar-refractivity contribution in [2.75, 3.05) is 11.4 Å². The maximum Gasteiger partial charge on any atom is 0.230 e. The van der Waals surface area contributed by atoms with Gasteiger partial charge in [-0.15, -0.1) is 0 Å². The molecule has 0 saturated heterocycles. The largest absolute Gasteiger partial charge is 0.550 e. The van der Waals surface area contributed by atoms with Gasteiger partial charge in [-0.25, -0.2) is 0 Å². The number of carbonyl (C=O) groups is 2. The monoisotopic (exact) mass is 286 g/mol. The van der Waals surface area contributed by atoms with Crippen LogP contribution in [0.3, 0.4) is 0 Å². The van der Waals surface area contributed by atoms with E-state index in [0.29, 0.717) is 19.4 Å². The summed E-state index contributed by atoms with van der Waals surface area (Å²) in [7, 11) is 0. The van der Waals surface area contributed by atoms with E-state index in [1.54, 1.807) is 4.90 Å². The summed E-state index contributed by atoms with van der Waals surface area (Å²) in [5.74, 6) is -2.15. The van der Waals surface area contributed by atoms with E-state index in [9.17, 15) is 14.7 Å². The Morgan fingerprint density at radius 2 is 1.76 bits per heavy atom. The number of carboxylic acid groups (broad SMARTS) is 1. The highest BCUT2D eigenvalue weighted by atomic mass is 16.4. The fourth-order valence-corrected chi connectivity index (χ4v) is 3.67. The molecule has 0 radical (unpaired) electrons. The van der Waals surface area contributed by atoms with E-state index in [4.69, 9.17) is 0 Å². The van der Waals surface area contributed by atoms with Crippen molar-refractivity contribution in [2.45, 2.75) is 38.5 Å². The van der Waals surface area contributed by atoms with Gasteiger partial charge in [0.15, 0.2) is 0 Å². The molecule has 1 heterocycles. The smallest absolute Gasteiger partial charge is 0.230 e. The standard InChI is InChI=1S/C17H21NO3/c19-16(13-8-2-3-9-14(13)17(20)21)18-11-5-7-12-6-1-4-10-15(12)18/h1,4,6,10,13-14H,2-3,5,7-9,11H2,(H,20,21)/p-1/t13-,14-/m0/s1. The number of aryl methyl sites for hydroxylation is 1. The predicted molar refractivity (Wildman–Crippen MR) is 77.6 cm³/mol. The van der Waals surface area contributed by atoms with Gasteiger partial charge >= 0.3 is 0 Å². The minimum atomic E-state index is -1.07. The second kappa shape index (κ2) is 5.88. The Morgan fingerprint density at radius 3 is 2.52 bits per heavy atom. The Balaban J connectivity index is 1.86. The lowest BCUT2D eigenvalue weighted by atomic mass is 9.78. The van der Waals surface area contributed by atoms with E-state index in [2.05, 4.69) is 0 Å². The van der Waals surface area contributed by atoms with Gasteiger partial charge in [0.05, 0.1) is 0 Å². The summed E-state index contributed by atoms with van der Waals surface area (Å²) in [4.78, 5) is 26.0. The van der Waals surface area contributed by atoms with Gasteiger partial charge in [0.25, 0.3) is 0 Å². The van der Waals surface area contributed by atoms with Gasteiger partial charge in [0.2, 0.25) is 5.91 Å². The van der Waals surface area contributed by atoms with E-state index in [1.165, 1.54) is 5.56 Å². The van der Waals surface area contributed by atoms with Gasteiger partial charge in [-0.1, -0.05) is 31.0 Å². The van der Waals surface area contributed by atoms with E-state index in [-0.39, 0.29) is 5.91 Å². The van der Waals surface area contributed by atoms with E-state index in [0.717, 1.165) is 31.4 Å². The molecule has 1 aromatic rings. The molecular formula is C17H20NO3-. The van der Waals surface area contributed by atoms with E-state index in [1.807, 2.05) is 24.3 Å². The van der Waals surface area contributed by atoms with Gasteiger partial charge in [0.1, 0.15) is 0 Å². The maximum absolute atomic E-state index is 12.9. The first-order valence-corrected chi connectivity index (χ1v) is 7.78. The minimum Gasteiger partial charge on any atom is -0.550 e. The number of hydrogen-bond acceptors (Lipinski definition) is 3. The molecule has 1 saturated carbocycles. The van der Waals surface area contributed by atoms with Crippen molar-refractivity contribution in [1.82, 2.24) is 0 Å². The summed E-state index contributed by atoms with van der Waals surface area (Å²) in [5, 5.41) is 11.3. The third-order valence-electron chi connectivity index (χ3n) is 4.76. The van der Waals surface area contributed by atoms with Gasteiger partial charge < -0.3 is 14.8 Å². The lowest BCUT2D eigenvalue weighted by Crippen LogP contribution is -2.47. The number of carboxylic acids is 1. The van der Waals surface area contributed by atoms with Gasteiger partial charge in [0, 0.05) is 30.0 Å². The van der Waals surface area contributed by atoms with Crippen LogP contribution in [0.25, 0.3) is 0 Å². The molecule has 1 fully saturated rings. The number of aliphatic carboxylic acids is 1. The summed E-state index contributed by atoms with van der Waals surface area (Å²) in [6.45, 7) is 0.687. The molecule has 112 valence electrons. The number of anilines is 1. The minimum absolute atomic E-state index is 0.0314. The third kappa shape index (κ3) is 2.67. The van der Waals surface area contributed by atoms with Crippen LogP contribution in [0.1, 0.15) is 37.7 Å². The Bertz CT molecular complexity index is 555. The molecule has 2 aliphatic rings. The molecule has 0 bridgehead atoms. The van der Waals surface area contributed by atoms with Gasteiger partial charge in [-0.2, -0.15) is 0 Å². The summed E-state index contributed by atoms with van der Waals surface area (Å²) >= 11 is 0. The number of carbonyl (C=O) groups excluding carboxylic acids is 2. The van der Waals surface area contributed by atoms with Crippen LogP contribution < -0.4 is 10.0 Å². The summed E-state index contributed by atoms with van der Waals surface area (Å²) in [6.07, 6.45) is 4.94. The number of fused-ring (bicyclic) bond motifs is 1. The van der Waals surface area contributed by atoms with E-state index < -0.39 is 17.8 Å². The normalized spacial score (nSPS) is 25.2. The number of para-hydroxylation sites is 1. The highest BCUT2D eigenvalue weighted by Crippen LogP contribution is 2.35. The molecule has 21 heavy (non-hydrogen) atoms. The molecule has 1 aliphatic heterocycles. The topological polar surface area (TPSA) is 60.4 Å². The quantitative estimate of drug-likeness (QED) is 0.828. The first kappa shape index (κ1) is 14.1. The maximum atomic E-state index is 12.9. The van der Waals surface area contributed by atoms with Crippen molar-refractivity contribution >= 4 is 17.6 Å². The zero-order valence-corrected chi connectivity index (χ0v) is 12.1. The number of benzene rings is 1. The summed E-state index contributed by atoms with van der Waals surface area (Å²) in [5.41, 5.74) is 2.13. The third-order valence-corrected chi connectivity index (χ3v) is 4.76. The number of rotatable bonds is 2. The van der Waals surface area contributed by atoms with Crippen LogP contribution in [-0.2, 0) is 16.0 Å². The van der Waals surface area contributed by atoms with Gasteiger partial charge in [-0.05, 0) is 37.3 Å². The average Bonchev–Trinajstić information content (AvgIpc) is 2.53. The summed E-state index contributed by atoms with van der Waals surface area (Å²) in [6, 6.07) is 7.92. The molecule has 3 rings (SSSR count). The van der Waals surface area contributed by atoms with Gasteiger partial charge in [-0.3, -0.25) is 4.79 Å². The van der Waals surface area contributed by atoms with Crippen LogP contribution in [0.2, 0.25) is 0 Å². The number of nitrogens with zero attached hydrogens (tertiary/aromatic N) is 1. The van der Waals surface area contributed by atoms with Crippen molar-refractivity contribution < 1.29 is 14.7 Å². The Kier molecular flexibility index (Phi) is 3.95. The van der Waals surface area contributed by atoms with Crippen LogP contribution in [-0.4, -0.2) is 18.4 Å². The highest BCUT2D eigenvalue weighted by molar-refractivity contribution is 5.98. The number of amides is 1. The second-order valence-electron chi connectivity index (χ2n) is 6.04. The van der Waals surface area contributed by atoms with Crippen molar-refractivity contribution in [3.05, 3.63) is 29.8 Å².